The summed E-state index contributed by atoms with van der Waals surface area (Å²) >= 11 is 5.80. The highest BCUT2D eigenvalue weighted by atomic mass is 35.5. The van der Waals surface area contributed by atoms with Gasteiger partial charge in [0.25, 0.3) is 0 Å². The normalized spacial score (nSPS) is 15.3. The van der Waals surface area contributed by atoms with Crippen LogP contribution in [0.4, 0.5) is 4.39 Å². The highest BCUT2D eigenvalue weighted by molar-refractivity contribution is 6.30. The van der Waals surface area contributed by atoms with Crippen molar-refractivity contribution in [3.05, 3.63) is 70.1 Å². The van der Waals surface area contributed by atoms with Crippen LogP contribution >= 0.6 is 11.6 Å². The van der Waals surface area contributed by atoms with Crippen LogP contribution in [-0.4, -0.2) is 50.7 Å². The fourth-order valence-corrected chi connectivity index (χ4v) is 4.79. The number of likely N-dealkylation sites (tertiary alicyclic amines) is 1. The van der Waals surface area contributed by atoms with Gasteiger partial charge in [-0.2, -0.15) is 0 Å². The zero-order valence-corrected chi connectivity index (χ0v) is 20.3. The number of nitrogens with one attached hydrogen (secondary N) is 1. The number of halogens is 2. The molecule has 1 fully saturated rings. The molecule has 4 rings (SSSR count). The number of carboxylic acids is 1. The summed E-state index contributed by atoms with van der Waals surface area (Å²) in [5.41, 5.74) is 1.80. The van der Waals surface area contributed by atoms with E-state index in [4.69, 9.17) is 16.7 Å². The van der Waals surface area contributed by atoms with E-state index in [-0.39, 0.29) is 47.7 Å². The van der Waals surface area contributed by atoms with Crippen LogP contribution < -0.4 is 5.32 Å². The summed E-state index contributed by atoms with van der Waals surface area (Å²) in [7, 11) is 0. The number of nitrogens with zero attached hydrogens (tertiary/aromatic N) is 2. The van der Waals surface area contributed by atoms with E-state index < -0.39 is 17.8 Å². The van der Waals surface area contributed by atoms with Crippen molar-refractivity contribution in [2.75, 3.05) is 6.54 Å². The molecule has 2 amide bonds. The third-order valence-electron chi connectivity index (χ3n) is 6.35. The number of carbonyl (C=O) groups excluding carboxylic acids is 3. The molecule has 0 aliphatic carbocycles. The lowest BCUT2D eigenvalue weighted by atomic mass is 10.1. The minimum Gasteiger partial charge on any atom is -0.481 e. The summed E-state index contributed by atoms with van der Waals surface area (Å²) in [5.74, 6) is -2.45. The number of benzene rings is 2. The van der Waals surface area contributed by atoms with Gasteiger partial charge in [0.15, 0.2) is 5.78 Å². The highest BCUT2D eigenvalue weighted by Crippen LogP contribution is 2.25. The second-order valence-corrected chi connectivity index (χ2v) is 9.23. The van der Waals surface area contributed by atoms with Crippen LogP contribution in [0.2, 0.25) is 5.02 Å². The Bertz CT molecular complexity index is 1370. The smallest absolute Gasteiger partial charge is 0.307 e. The van der Waals surface area contributed by atoms with Crippen LogP contribution in [-0.2, 0) is 33.9 Å². The van der Waals surface area contributed by atoms with Gasteiger partial charge in [-0.3, -0.25) is 19.2 Å². The molecule has 1 aliphatic rings. The van der Waals surface area contributed by atoms with Gasteiger partial charge in [0.2, 0.25) is 11.8 Å². The number of hydrogen-bond acceptors (Lipinski definition) is 4. The van der Waals surface area contributed by atoms with E-state index in [2.05, 4.69) is 5.32 Å². The van der Waals surface area contributed by atoms with Crippen LogP contribution in [0.5, 0.6) is 0 Å². The molecular formula is C26H25ClFN3O5. The van der Waals surface area contributed by atoms with Crippen molar-refractivity contribution in [3.8, 4) is 0 Å². The predicted octanol–water partition coefficient (Wildman–Crippen LogP) is 3.57. The second-order valence-electron chi connectivity index (χ2n) is 8.82. The Morgan fingerprint density at radius 2 is 1.97 bits per heavy atom. The van der Waals surface area contributed by atoms with Gasteiger partial charge in [-0.25, -0.2) is 4.39 Å². The Kier molecular flexibility index (Phi) is 7.40. The van der Waals surface area contributed by atoms with Crippen molar-refractivity contribution >= 4 is 46.1 Å². The van der Waals surface area contributed by atoms with Crippen molar-refractivity contribution in [2.24, 2.45) is 0 Å². The van der Waals surface area contributed by atoms with E-state index >= 15 is 0 Å². The first-order valence-electron chi connectivity index (χ1n) is 11.5. The van der Waals surface area contributed by atoms with Crippen molar-refractivity contribution < 1.29 is 28.7 Å². The van der Waals surface area contributed by atoms with Crippen molar-refractivity contribution in [1.82, 2.24) is 14.8 Å². The molecular weight excluding hydrogens is 489 g/mol. The minimum atomic E-state index is -0.987. The average Bonchev–Trinajstić information content (AvgIpc) is 3.45. The molecule has 2 heterocycles. The zero-order valence-electron chi connectivity index (χ0n) is 19.6. The topological polar surface area (TPSA) is 109 Å². The lowest BCUT2D eigenvalue weighted by Crippen LogP contribution is -2.46. The molecule has 0 saturated carbocycles. The largest absolute Gasteiger partial charge is 0.481 e. The molecule has 1 saturated heterocycles. The second kappa shape index (κ2) is 10.5. The number of carboxylic acid groups (broad SMARTS) is 1. The molecule has 2 aromatic carbocycles. The molecule has 188 valence electrons. The Balaban J connectivity index is 1.52. The first-order valence-corrected chi connectivity index (χ1v) is 11.9. The van der Waals surface area contributed by atoms with E-state index in [1.807, 2.05) is 0 Å². The highest BCUT2D eigenvalue weighted by Gasteiger charge is 2.34. The predicted molar refractivity (Wildman–Crippen MR) is 131 cm³/mol. The van der Waals surface area contributed by atoms with Crippen LogP contribution in [0, 0.1) is 5.82 Å². The van der Waals surface area contributed by atoms with E-state index in [0.717, 1.165) is 0 Å². The monoisotopic (exact) mass is 513 g/mol. The van der Waals surface area contributed by atoms with Crippen LogP contribution in [0.25, 0.3) is 10.9 Å². The number of carbonyl (C=O) groups is 4. The summed E-state index contributed by atoms with van der Waals surface area (Å²) in [4.78, 5) is 50.9. The number of aliphatic carboxylic acids is 1. The summed E-state index contributed by atoms with van der Waals surface area (Å²) in [6, 6.07) is 8.85. The molecule has 8 nitrogen and oxygen atoms in total. The summed E-state index contributed by atoms with van der Waals surface area (Å²) in [6.45, 7) is 1.65. The van der Waals surface area contributed by atoms with Gasteiger partial charge < -0.3 is 19.9 Å². The summed E-state index contributed by atoms with van der Waals surface area (Å²) < 4.78 is 15.8. The van der Waals surface area contributed by atoms with Crippen LogP contribution in [0.3, 0.4) is 0 Å². The lowest BCUT2D eigenvalue weighted by Gasteiger charge is -2.24. The molecule has 0 bridgehead atoms. The molecule has 10 heteroatoms. The van der Waals surface area contributed by atoms with Gasteiger partial charge in [0.1, 0.15) is 18.4 Å². The maximum Gasteiger partial charge on any atom is 0.307 e. The fraction of sp³-hybridized carbons (Fsp3) is 0.308. The minimum absolute atomic E-state index is 0.0326. The Labute approximate surface area is 211 Å². The van der Waals surface area contributed by atoms with Crippen molar-refractivity contribution in [2.45, 2.75) is 45.3 Å². The molecule has 36 heavy (non-hydrogen) atoms. The first kappa shape index (κ1) is 25.4. The lowest BCUT2D eigenvalue weighted by molar-refractivity contribution is -0.138. The van der Waals surface area contributed by atoms with Gasteiger partial charge in [0, 0.05) is 41.3 Å². The van der Waals surface area contributed by atoms with Crippen LogP contribution in [0.15, 0.2) is 42.6 Å². The number of rotatable bonds is 8. The number of Topliss-reactive ketones (excluding diaryl/α,β-unsaturated/α-hetero) is 1. The zero-order chi connectivity index (χ0) is 26.0. The molecule has 0 spiro atoms. The summed E-state index contributed by atoms with van der Waals surface area (Å²) in [5, 5.41) is 12.4. The van der Waals surface area contributed by atoms with E-state index in [0.29, 0.717) is 41.4 Å². The van der Waals surface area contributed by atoms with E-state index in [9.17, 15) is 23.6 Å². The fourth-order valence-electron chi connectivity index (χ4n) is 4.59. The Morgan fingerprint density at radius 3 is 2.69 bits per heavy atom. The van der Waals surface area contributed by atoms with E-state index in [1.54, 1.807) is 35.0 Å². The molecule has 1 aromatic heterocycles. The van der Waals surface area contributed by atoms with Gasteiger partial charge in [-0.05, 0) is 37.5 Å². The Hall–Kier alpha value is -3.72. The molecule has 1 aliphatic heterocycles. The standard InChI is InChI=1S/C26H25ClFN3O5/c1-15(32)19-13-30(22-10-16(11-24(34)35)7-8-18(19)22)14-23(33)31-9-3-6-21(31)26(36)29-12-17-4-2-5-20(27)25(17)28/h2,4-5,7-8,10,13,21H,3,6,9,11-12,14H2,1H3,(H,29,36)(H,34,35)/t21-/m0/s1. The number of amides is 2. The molecule has 3 aromatic rings. The summed E-state index contributed by atoms with van der Waals surface area (Å²) in [6.07, 6.45) is 2.52. The van der Waals surface area contributed by atoms with E-state index in [1.165, 1.54) is 24.0 Å². The third kappa shape index (κ3) is 5.26. The number of aromatic nitrogens is 1. The molecule has 2 N–H and O–H groups in total. The Morgan fingerprint density at radius 1 is 1.19 bits per heavy atom. The first-order chi connectivity index (χ1) is 17.2. The van der Waals surface area contributed by atoms with Gasteiger partial charge >= 0.3 is 5.97 Å². The van der Waals surface area contributed by atoms with Gasteiger partial charge in [-0.15, -0.1) is 0 Å². The molecule has 0 unspecified atom stereocenters. The number of ketones is 1. The van der Waals surface area contributed by atoms with Gasteiger partial charge in [-0.1, -0.05) is 35.9 Å². The molecule has 1 atom stereocenters. The van der Waals surface area contributed by atoms with Crippen molar-refractivity contribution in [1.29, 1.82) is 0 Å². The third-order valence-corrected chi connectivity index (χ3v) is 6.64. The number of fused-ring (bicyclic) bond motifs is 1. The SMILES string of the molecule is CC(=O)c1cn(CC(=O)N2CCC[C@H]2C(=O)NCc2cccc(Cl)c2F)c2cc(CC(=O)O)ccc12. The maximum atomic E-state index is 14.2. The quantitative estimate of drug-likeness (QED) is 0.448. The van der Waals surface area contributed by atoms with Crippen LogP contribution in [0.1, 0.15) is 41.3 Å². The van der Waals surface area contributed by atoms with Crippen molar-refractivity contribution in [3.63, 3.8) is 0 Å². The van der Waals surface area contributed by atoms with Gasteiger partial charge in [0.05, 0.1) is 11.4 Å². The maximum absolute atomic E-state index is 14.2. The molecule has 0 radical (unpaired) electrons. The number of hydrogen-bond donors (Lipinski definition) is 2. The average molecular weight is 514 g/mol.